The molecule has 0 aliphatic rings. The predicted molar refractivity (Wildman–Crippen MR) is 99.5 cm³/mol. The maximum absolute atomic E-state index is 11.8. The zero-order chi connectivity index (χ0) is 19.7. The smallest absolute Gasteiger partial charge is 0.407 e. The molecule has 26 heavy (non-hydrogen) atoms. The van der Waals surface area contributed by atoms with Crippen LogP contribution in [0.5, 0.6) is 0 Å². The summed E-state index contributed by atoms with van der Waals surface area (Å²) in [6, 6.07) is 5.87. The summed E-state index contributed by atoms with van der Waals surface area (Å²) in [4.78, 5) is 34.8. The van der Waals surface area contributed by atoms with Crippen molar-refractivity contribution >= 4 is 23.6 Å². The molecule has 0 spiro atoms. The first-order valence-corrected chi connectivity index (χ1v) is 8.42. The van der Waals surface area contributed by atoms with Gasteiger partial charge in [0.05, 0.1) is 6.54 Å². The number of rotatable bonds is 6. The second-order valence-electron chi connectivity index (χ2n) is 6.95. The van der Waals surface area contributed by atoms with Gasteiger partial charge in [0.15, 0.2) is 0 Å². The lowest BCUT2D eigenvalue weighted by Gasteiger charge is -2.19. The van der Waals surface area contributed by atoms with Crippen LogP contribution in [0.15, 0.2) is 18.2 Å². The molecule has 8 heteroatoms. The second kappa shape index (κ2) is 9.65. The highest BCUT2D eigenvalue weighted by Crippen LogP contribution is 2.15. The summed E-state index contributed by atoms with van der Waals surface area (Å²) in [6.07, 6.45) is -0.573. The van der Waals surface area contributed by atoms with Gasteiger partial charge in [-0.3, -0.25) is 20.4 Å². The normalized spacial score (nSPS) is 10.7. The molecule has 0 aliphatic carbocycles. The minimum atomic E-state index is -0.594. The van der Waals surface area contributed by atoms with Crippen LogP contribution < -0.4 is 21.5 Å². The van der Waals surface area contributed by atoms with E-state index in [1.807, 2.05) is 32.0 Å². The number of nitrogens with one attached hydrogen (secondary N) is 4. The number of aryl methyl sites for hydroxylation is 2. The van der Waals surface area contributed by atoms with E-state index in [4.69, 9.17) is 4.74 Å². The average molecular weight is 364 g/mol. The van der Waals surface area contributed by atoms with Gasteiger partial charge < -0.3 is 15.4 Å². The van der Waals surface area contributed by atoms with Crippen LogP contribution in [-0.4, -0.2) is 36.6 Å². The largest absolute Gasteiger partial charge is 0.444 e. The monoisotopic (exact) mass is 364 g/mol. The lowest BCUT2D eigenvalue weighted by Crippen LogP contribution is -2.45. The molecule has 8 nitrogen and oxygen atoms in total. The second-order valence-corrected chi connectivity index (χ2v) is 6.95. The molecular formula is C18H28N4O4. The minimum Gasteiger partial charge on any atom is -0.444 e. The zero-order valence-corrected chi connectivity index (χ0v) is 16.0. The standard InChI is InChI=1S/C18H28N4O4/c1-12-6-7-14(13(2)10-12)20-11-16(24)22-21-15(23)8-9-19-17(25)26-18(3,4)5/h6-7,10,20H,8-9,11H2,1-5H3,(H,19,25)(H,21,23)(H,22,24). The van der Waals surface area contributed by atoms with Crippen molar-refractivity contribution in [2.45, 2.75) is 46.6 Å². The van der Waals surface area contributed by atoms with Crippen molar-refractivity contribution in [3.05, 3.63) is 29.3 Å². The van der Waals surface area contributed by atoms with Crippen LogP contribution in [0.2, 0.25) is 0 Å². The molecule has 3 amide bonds. The molecule has 0 saturated carbocycles. The van der Waals surface area contributed by atoms with Crippen molar-refractivity contribution in [1.82, 2.24) is 16.2 Å². The van der Waals surface area contributed by atoms with Gasteiger partial charge in [-0.15, -0.1) is 0 Å². The van der Waals surface area contributed by atoms with Gasteiger partial charge in [0, 0.05) is 18.7 Å². The number of carbonyl (C=O) groups is 3. The molecule has 0 unspecified atom stereocenters. The highest BCUT2D eigenvalue weighted by atomic mass is 16.6. The molecule has 0 heterocycles. The SMILES string of the molecule is Cc1ccc(NCC(=O)NNC(=O)CCNC(=O)OC(C)(C)C)c(C)c1. The number of hydrogen-bond acceptors (Lipinski definition) is 5. The molecule has 0 radical (unpaired) electrons. The van der Waals surface area contributed by atoms with Crippen LogP contribution in [0.1, 0.15) is 38.3 Å². The van der Waals surface area contributed by atoms with E-state index in [-0.39, 0.29) is 25.4 Å². The zero-order valence-electron chi connectivity index (χ0n) is 16.0. The number of hydrogen-bond donors (Lipinski definition) is 4. The third kappa shape index (κ3) is 8.91. The Kier molecular flexibility index (Phi) is 7.89. The van der Waals surface area contributed by atoms with Crippen molar-refractivity contribution in [1.29, 1.82) is 0 Å². The summed E-state index contributed by atoms with van der Waals surface area (Å²) in [5.74, 6) is -0.792. The molecule has 1 rings (SSSR count). The number of hydrazine groups is 1. The molecule has 0 aromatic heterocycles. The third-order valence-corrected chi connectivity index (χ3v) is 3.18. The van der Waals surface area contributed by atoms with E-state index in [0.29, 0.717) is 0 Å². The summed E-state index contributed by atoms with van der Waals surface area (Å²) in [5.41, 5.74) is 7.05. The number of anilines is 1. The van der Waals surface area contributed by atoms with Gasteiger partial charge in [0.2, 0.25) is 5.91 Å². The number of alkyl carbamates (subject to hydrolysis) is 1. The fourth-order valence-corrected chi connectivity index (χ4v) is 2.03. The van der Waals surface area contributed by atoms with E-state index in [2.05, 4.69) is 21.5 Å². The van der Waals surface area contributed by atoms with Crippen LogP contribution in [-0.2, 0) is 14.3 Å². The topological polar surface area (TPSA) is 109 Å². The summed E-state index contributed by atoms with van der Waals surface area (Å²) < 4.78 is 5.05. The van der Waals surface area contributed by atoms with Crippen LogP contribution in [0.4, 0.5) is 10.5 Å². The quantitative estimate of drug-likeness (QED) is 0.576. The van der Waals surface area contributed by atoms with Crippen LogP contribution in [0.25, 0.3) is 0 Å². The first-order valence-electron chi connectivity index (χ1n) is 8.42. The van der Waals surface area contributed by atoms with Crippen molar-refractivity contribution < 1.29 is 19.1 Å². The fraction of sp³-hybridized carbons (Fsp3) is 0.500. The lowest BCUT2D eigenvalue weighted by atomic mass is 10.1. The number of amides is 3. The molecule has 0 aliphatic heterocycles. The third-order valence-electron chi connectivity index (χ3n) is 3.18. The molecule has 0 fully saturated rings. The Hall–Kier alpha value is -2.77. The number of benzene rings is 1. The van der Waals surface area contributed by atoms with E-state index >= 15 is 0 Å². The molecule has 144 valence electrons. The van der Waals surface area contributed by atoms with Crippen LogP contribution >= 0.6 is 0 Å². The van der Waals surface area contributed by atoms with Gasteiger partial charge >= 0.3 is 6.09 Å². The first kappa shape index (κ1) is 21.3. The summed E-state index contributed by atoms with van der Waals surface area (Å²) in [5, 5.41) is 5.47. The lowest BCUT2D eigenvalue weighted by molar-refractivity contribution is -0.128. The van der Waals surface area contributed by atoms with E-state index in [0.717, 1.165) is 16.8 Å². The van der Waals surface area contributed by atoms with Gasteiger partial charge in [-0.2, -0.15) is 0 Å². The summed E-state index contributed by atoms with van der Waals surface area (Å²) >= 11 is 0. The Balaban J connectivity index is 2.21. The van der Waals surface area contributed by atoms with Gasteiger partial charge in [-0.1, -0.05) is 17.7 Å². The molecule has 1 aromatic carbocycles. The van der Waals surface area contributed by atoms with Crippen molar-refractivity contribution in [3.8, 4) is 0 Å². The van der Waals surface area contributed by atoms with Gasteiger partial charge in [-0.25, -0.2) is 4.79 Å². The van der Waals surface area contributed by atoms with Gasteiger partial charge in [0.25, 0.3) is 5.91 Å². The number of carbonyl (C=O) groups excluding carboxylic acids is 3. The molecular weight excluding hydrogens is 336 g/mol. The molecule has 0 atom stereocenters. The fourth-order valence-electron chi connectivity index (χ4n) is 2.03. The highest BCUT2D eigenvalue weighted by molar-refractivity contribution is 5.84. The molecule has 0 bridgehead atoms. The Labute approximate surface area is 154 Å². The molecule has 1 aromatic rings. The Morgan fingerprint density at radius 1 is 1.04 bits per heavy atom. The summed E-state index contributed by atoms with van der Waals surface area (Å²) in [6.45, 7) is 9.34. The predicted octanol–water partition coefficient (Wildman–Crippen LogP) is 1.78. The Bertz CT molecular complexity index is 653. The minimum absolute atomic E-state index is 0.0179. The van der Waals surface area contributed by atoms with Gasteiger partial charge in [-0.05, 0) is 46.2 Å². The number of ether oxygens (including phenoxy) is 1. The maximum Gasteiger partial charge on any atom is 0.407 e. The van der Waals surface area contributed by atoms with Crippen molar-refractivity contribution in [2.24, 2.45) is 0 Å². The van der Waals surface area contributed by atoms with E-state index in [9.17, 15) is 14.4 Å². The highest BCUT2D eigenvalue weighted by Gasteiger charge is 2.15. The summed E-state index contributed by atoms with van der Waals surface area (Å²) in [7, 11) is 0. The van der Waals surface area contributed by atoms with Crippen LogP contribution in [0.3, 0.4) is 0 Å². The van der Waals surface area contributed by atoms with Crippen molar-refractivity contribution in [2.75, 3.05) is 18.4 Å². The Morgan fingerprint density at radius 3 is 2.31 bits per heavy atom. The average Bonchev–Trinajstić information content (AvgIpc) is 2.50. The van der Waals surface area contributed by atoms with Crippen molar-refractivity contribution in [3.63, 3.8) is 0 Å². The maximum atomic E-state index is 11.8. The van der Waals surface area contributed by atoms with E-state index < -0.39 is 17.6 Å². The molecule has 0 saturated heterocycles. The van der Waals surface area contributed by atoms with E-state index in [1.165, 1.54) is 0 Å². The van der Waals surface area contributed by atoms with Crippen LogP contribution in [0, 0.1) is 13.8 Å². The Morgan fingerprint density at radius 2 is 1.69 bits per heavy atom. The first-order chi connectivity index (χ1) is 12.1. The van der Waals surface area contributed by atoms with Gasteiger partial charge in [0.1, 0.15) is 5.60 Å². The van der Waals surface area contributed by atoms with E-state index in [1.54, 1.807) is 20.8 Å². The molecule has 4 N–H and O–H groups in total.